The number of nitrogens with one attached hydrogen (secondary N) is 1. The van der Waals surface area contributed by atoms with E-state index in [1.165, 1.54) is 0 Å². The zero-order valence-electron chi connectivity index (χ0n) is 9.83. The van der Waals surface area contributed by atoms with E-state index in [1.807, 2.05) is 37.4 Å². The maximum absolute atomic E-state index is 9.75. The van der Waals surface area contributed by atoms with Crippen molar-refractivity contribution in [2.75, 3.05) is 13.6 Å². The SMILES string of the molecule is CNCCC#Cc1ccc(O)c2ccccc12. The first kappa shape index (κ1) is 11.5. The molecule has 0 radical (unpaired) electrons. The fraction of sp³-hybridized carbons (Fsp3) is 0.200. The zero-order valence-corrected chi connectivity index (χ0v) is 9.83. The average molecular weight is 225 g/mol. The Morgan fingerprint density at radius 2 is 1.88 bits per heavy atom. The van der Waals surface area contributed by atoms with E-state index in [1.54, 1.807) is 6.07 Å². The molecule has 0 saturated heterocycles. The molecule has 17 heavy (non-hydrogen) atoms. The zero-order chi connectivity index (χ0) is 12.1. The lowest BCUT2D eigenvalue weighted by Gasteiger charge is -2.02. The number of fused-ring (bicyclic) bond motifs is 1. The summed E-state index contributed by atoms with van der Waals surface area (Å²) in [4.78, 5) is 0. The van der Waals surface area contributed by atoms with Gasteiger partial charge in [0.2, 0.25) is 0 Å². The van der Waals surface area contributed by atoms with Gasteiger partial charge in [-0.1, -0.05) is 36.1 Å². The first-order valence-corrected chi connectivity index (χ1v) is 5.67. The molecule has 0 bridgehead atoms. The molecule has 2 heteroatoms. The van der Waals surface area contributed by atoms with Gasteiger partial charge >= 0.3 is 0 Å². The van der Waals surface area contributed by atoms with Crippen LogP contribution < -0.4 is 5.32 Å². The molecule has 0 aliphatic rings. The van der Waals surface area contributed by atoms with E-state index in [0.29, 0.717) is 5.75 Å². The highest BCUT2D eigenvalue weighted by Gasteiger charge is 2.01. The Bertz CT molecular complexity index is 578. The number of phenols is 1. The molecule has 0 atom stereocenters. The van der Waals surface area contributed by atoms with Crippen LogP contribution in [0.1, 0.15) is 12.0 Å². The van der Waals surface area contributed by atoms with Crippen molar-refractivity contribution in [2.45, 2.75) is 6.42 Å². The van der Waals surface area contributed by atoms with E-state index in [9.17, 15) is 5.11 Å². The molecule has 0 spiro atoms. The van der Waals surface area contributed by atoms with Crippen LogP contribution in [0.25, 0.3) is 10.8 Å². The molecule has 0 unspecified atom stereocenters. The van der Waals surface area contributed by atoms with Gasteiger partial charge in [-0.25, -0.2) is 0 Å². The van der Waals surface area contributed by atoms with Crippen molar-refractivity contribution >= 4 is 10.8 Å². The summed E-state index contributed by atoms with van der Waals surface area (Å²) in [6.45, 7) is 0.892. The number of hydrogen-bond acceptors (Lipinski definition) is 2. The molecule has 2 rings (SSSR count). The second-order valence-corrected chi connectivity index (χ2v) is 3.83. The van der Waals surface area contributed by atoms with Crippen molar-refractivity contribution < 1.29 is 5.11 Å². The number of rotatable bonds is 2. The van der Waals surface area contributed by atoms with Crippen molar-refractivity contribution in [1.82, 2.24) is 5.32 Å². The van der Waals surface area contributed by atoms with Crippen molar-refractivity contribution in [3.63, 3.8) is 0 Å². The largest absolute Gasteiger partial charge is 0.507 e. The minimum Gasteiger partial charge on any atom is -0.507 e. The van der Waals surface area contributed by atoms with Crippen molar-refractivity contribution in [3.05, 3.63) is 42.0 Å². The van der Waals surface area contributed by atoms with Gasteiger partial charge in [-0.3, -0.25) is 0 Å². The van der Waals surface area contributed by atoms with Crippen LogP contribution in [0.3, 0.4) is 0 Å². The Kier molecular flexibility index (Phi) is 3.64. The van der Waals surface area contributed by atoms with Gasteiger partial charge in [0, 0.05) is 29.3 Å². The highest BCUT2D eigenvalue weighted by Crippen LogP contribution is 2.26. The number of hydrogen-bond donors (Lipinski definition) is 2. The normalized spacial score (nSPS) is 9.94. The lowest BCUT2D eigenvalue weighted by molar-refractivity contribution is 0.481. The fourth-order valence-electron chi connectivity index (χ4n) is 1.74. The maximum Gasteiger partial charge on any atom is 0.123 e. The molecule has 0 heterocycles. The minimum absolute atomic E-state index is 0.307. The van der Waals surface area contributed by atoms with E-state index in [4.69, 9.17) is 0 Å². The maximum atomic E-state index is 9.75. The van der Waals surface area contributed by atoms with Gasteiger partial charge in [0.1, 0.15) is 5.75 Å². The monoisotopic (exact) mass is 225 g/mol. The average Bonchev–Trinajstić information content (AvgIpc) is 2.37. The molecule has 0 saturated carbocycles. The second-order valence-electron chi connectivity index (χ2n) is 3.83. The molecule has 0 aliphatic heterocycles. The van der Waals surface area contributed by atoms with Gasteiger partial charge in [0.15, 0.2) is 0 Å². The van der Waals surface area contributed by atoms with Crippen LogP contribution in [0.2, 0.25) is 0 Å². The Balaban J connectivity index is 2.40. The summed E-state index contributed by atoms with van der Waals surface area (Å²) in [6.07, 6.45) is 0.825. The first-order valence-electron chi connectivity index (χ1n) is 5.67. The van der Waals surface area contributed by atoms with Crippen molar-refractivity contribution in [3.8, 4) is 17.6 Å². The summed E-state index contributed by atoms with van der Waals surface area (Å²) in [7, 11) is 1.91. The Morgan fingerprint density at radius 3 is 2.65 bits per heavy atom. The van der Waals surface area contributed by atoms with Crippen LogP contribution in [-0.2, 0) is 0 Å². The molecule has 0 fully saturated rings. The second kappa shape index (κ2) is 5.38. The molecule has 0 aliphatic carbocycles. The lowest BCUT2D eigenvalue weighted by Crippen LogP contribution is -2.05. The van der Waals surface area contributed by atoms with Crippen LogP contribution in [0.5, 0.6) is 5.75 Å². The summed E-state index contributed by atoms with van der Waals surface area (Å²) < 4.78 is 0. The molecule has 0 aromatic heterocycles. The minimum atomic E-state index is 0.307. The highest BCUT2D eigenvalue weighted by atomic mass is 16.3. The van der Waals surface area contributed by atoms with Crippen molar-refractivity contribution in [1.29, 1.82) is 0 Å². The summed E-state index contributed by atoms with van der Waals surface area (Å²) in [5.74, 6) is 6.58. The van der Waals surface area contributed by atoms with Gasteiger partial charge in [-0.2, -0.15) is 0 Å². The summed E-state index contributed by atoms with van der Waals surface area (Å²) in [5, 5.41) is 14.7. The number of aromatic hydroxyl groups is 1. The predicted octanol–water partition coefficient (Wildman–Crippen LogP) is 2.51. The number of phenolic OH excluding ortho intramolecular Hbond substituents is 1. The molecular formula is C15H15NO. The molecule has 2 N–H and O–H groups in total. The van der Waals surface area contributed by atoms with Crippen LogP contribution in [0, 0.1) is 11.8 Å². The van der Waals surface area contributed by atoms with Gasteiger partial charge in [0.05, 0.1) is 0 Å². The van der Waals surface area contributed by atoms with E-state index < -0.39 is 0 Å². The summed E-state index contributed by atoms with van der Waals surface area (Å²) in [6, 6.07) is 11.3. The topological polar surface area (TPSA) is 32.3 Å². The van der Waals surface area contributed by atoms with Crippen molar-refractivity contribution in [2.24, 2.45) is 0 Å². The van der Waals surface area contributed by atoms with Gasteiger partial charge < -0.3 is 10.4 Å². The Hall–Kier alpha value is -1.98. The van der Waals surface area contributed by atoms with E-state index in [0.717, 1.165) is 29.3 Å². The highest BCUT2D eigenvalue weighted by molar-refractivity contribution is 5.92. The molecule has 2 aromatic rings. The Labute approximate surface area is 101 Å². The van der Waals surface area contributed by atoms with Crippen LogP contribution in [-0.4, -0.2) is 18.7 Å². The third-order valence-electron chi connectivity index (χ3n) is 2.62. The van der Waals surface area contributed by atoms with E-state index >= 15 is 0 Å². The number of benzene rings is 2. The van der Waals surface area contributed by atoms with E-state index in [2.05, 4.69) is 17.2 Å². The summed E-state index contributed by atoms with van der Waals surface area (Å²) in [5.41, 5.74) is 0.967. The predicted molar refractivity (Wildman–Crippen MR) is 71.0 cm³/mol. The smallest absolute Gasteiger partial charge is 0.123 e. The van der Waals surface area contributed by atoms with Crippen LogP contribution in [0.15, 0.2) is 36.4 Å². The first-order chi connectivity index (χ1) is 8.33. The summed E-state index contributed by atoms with van der Waals surface area (Å²) >= 11 is 0. The molecule has 86 valence electrons. The quantitative estimate of drug-likeness (QED) is 0.608. The standard InChI is InChI=1S/C15H15NO/c1-16-11-5-4-6-12-9-10-15(17)14-8-3-2-7-13(12)14/h2-3,7-10,16-17H,5,11H2,1H3. The fourth-order valence-corrected chi connectivity index (χ4v) is 1.74. The Morgan fingerprint density at radius 1 is 1.12 bits per heavy atom. The van der Waals surface area contributed by atoms with Gasteiger partial charge in [-0.05, 0) is 19.2 Å². The molecule has 2 aromatic carbocycles. The third kappa shape index (κ3) is 2.58. The van der Waals surface area contributed by atoms with Gasteiger partial charge in [-0.15, -0.1) is 0 Å². The molecule has 0 amide bonds. The van der Waals surface area contributed by atoms with E-state index in [-0.39, 0.29) is 0 Å². The van der Waals surface area contributed by atoms with Gasteiger partial charge in [0.25, 0.3) is 0 Å². The molecule has 2 nitrogen and oxygen atoms in total. The van der Waals surface area contributed by atoms with Crippen LogP contribution >= 0.6 is 0 Å². The lowest BCUT2D eigenvalue weighted by atomic mass is 10.0. The molecular weight excluding hydrogens is 210 g/mol. The van der Waals surface area contributed by atoms with Crippen LogP contribution in [0.4, 0.5) is 0 Å². The third-order valence-corrected chi connectivity index (χ3v) is 2.62.